The maximum Gasteiger partial charge on any atom is 0.359 e. The van der Waals surface area contributed by atoms with E-state index in [0.29, 0.717) is 43.2 Å². The fourth-order valence-corrected chi connectivity index (χ4v) is 3.88. The number of carboxylic acid groups (broad SMARTS) is 1. The van der Waals surface area contributed by atoms with E-state index in [2.05, 4.69) is 18.7 Å². The second-order valence-electron chi connectivity index (χ2n) is 7.59. The summed E-state index contributed by atoms with van der Waals surface area (Å²) in [6.45, 7) is 11.9. The summed E-state index contributed by atoms with van der Waals surface area (Å²) in [5.41, 5.74) is 5.61. The molecule has 0 saturated carbocycles. The number of aliphatic carboxylic acids is 1. The summed E-state index contributed by atoms with van der Waals surface area (Å²) >= 11 is 0. The predicted octanol–water partition coefficient (Wildman–Crippen LogP) is -0.302. The van der Waals surface area contributed by atoms with Crippen LogP contribution >= 0.6 is 0 Å². The second kappa shape index (κ2) is 8.82. The van der Waals surface area contributed by atoms with E-state index in [9.17, 15) is 14.7 Å². The van der Waals surface area contributed by atoms with Crippen molar-refractivity contribution in [2.45, 2.75) is 26.3 Å². The first-order valence-corrected chi connectivity index (χ1v) is 9.42. The first-order valence-electron chi connectivity index (χ1n) is 9.42. The van der Waals surface area contributed by atoms with Gasteiger partial charge in [-0.25, -0.2) is 9.59 Å². The van der Waals surface area contributed by atoms with Crippen LogP contribution in [0, 0.1) is 0 Å². The Kier molecular flexibility index (Phi) is 7.04. The van der Waals surface area contributed by atoms with Crippen LogP contribution in [0.15, 0.2) is 0 Å². The Bertz CT molecular complexity index is 455. The van der Waals surface area contributed by atoms with Gasteiger partial charge in [0.25, 0.3) is 0 Å². The third-order valence-corrected chi connectivity index (χ3v) is 5.58. The molecule has 2 aliphatic rings. The molecule has 25 heavy (non-hydrogen) atoms. The van der Waals surface area contributed by atoms with Crippen LogP contribution in [-0.4, -0.2) is 114 Å². The van der Waals surface area contributed by atoms with Crippen molar-refractivity contribution in [3.8, 4) is 0 Å². The summed E-state index contributed by atoms with van der Waals surface area (Å²) in [5, 5.41) is 9.24. The van der Waals surface area contributed by atoms with Crippen LogP contribution in [-0.2, 0) is 4.79 Å². The Labute approximate surface area is 150 Å². The molecule has 3 N–H and O–H groups in total. The summed E-state index contributed by atoms with van der Waals surface area (Å²) in [5.74, 6) is -0.776. The van der Waals surface area contributed by atoms with Gasteiger partial charge in [-0.2, -0.15) is 0 Å². The number of carbonyl (C=O) groups is 2. The van der Waals surface area contributed by atoms with E-state index in [4.69, 9.17) is 5.73 Å². The van der Waals surface area contributed by atoms with Crippen LogP contribution in [0.2, 0.25) is 0 Å². The Morgan fingerprint density at radius 2 is 1.60 bits per heavy atom. The molecule has 8 nitrogen and oxygen atoms in total. The minimum atomic E-state index is -0.776. The molecular weight excluding hydrogens is 322 g/mol. The number of nitrogens with zero attached hydrogens (tertiary/aromatic N) is 4. The largest absolute Gasteiger partial charge is 0.477 e. The van der Waals surface area contributed by atoms with E-state index in [1.807, 2.05) is 9.80 Å². The lowest BCUT2D eigenvalue weighted by molar-refractivity contribution is -0.924. The van der Waals surface area contributed by atoms with Crippen molar-refractivity contribution in [1.82, 2.24) is 14.7 Å². The summed E-state index contributed by atoms with van der Waals surface area (Å²) < 4.78 is 0.539. The summed E-state index contributed by atoms with van der Waals surface area (Å²) in [6.07, 6.45) is 0.818. The highest BCUT2D eigenvalue weighted by atomic mass is 16.4. The molecule has 0 aromatic heterocycles. The van der Waals surface area contributed by atoms with Crippen molar-refractivity contribution >= 4 is 12.0 Å². The van der Waals surface area contributed by atoms with Crippen LogP contribution in [0.4, 0.5) is 4.79 Å². The monoisotopic (exact) mass is 356 g/mol. The molecule has 2 fully saturated rings. The van der Waals surface area contributed by atoms with Crippen LogP contribution < -0.4 is 5.73 Å². The number of piperazine rings is 2. The van der Waals surface area contributed by atoms with E-state index >= 15 is 0 Å². The predicted molar refractivity (Wildman–Crippen MR) is 96.3 cm³/mol. The van der Waals surface area contributed by atoms with Crippen LogP contribution in [0.3, 0.4) is 0 Å². The van der Waals surface area contributed by atoms with Crippen molar-refractivity contribution in [3.63, 3.8) is 0 Å². The van der Waals surface area contributed by atoms with Gasteiger partial charge in [0.15, 0.2) is 6.54 Å². The normalized spacial score (nSPS) is 21.6. The lowest BCUT2D eigenvalue weighted by Gasteiger charge is -2.45. The Morgan fingerprint density at radius 1 is 1.04 bits per heavy atom. The van der Waals surface area contributed by atoms with Gasteiger partial charge in [0.05, 0.1) is 32.7 Å². The fraction of sp³-hybridized carbons (Fsp3) is 0.882. The first-order chi connectivity index (χ1) is 11.9. The average Bonchev–Trinajstić information content (AvgIpc) is 2.59. The molecule has 8 heteroatoms. The summed E-state index contributed by atoms with van der Waals surface area (Å²) in [4.78, 5) is 30.2. The highest BCUT2D eigenvalue weighted by Crippen LogP contribution is 2.16. The molecule has 2 saturated heterocycles. The van der Waals surface area contributed by atoms with Gasteiger partial charge in [-0.05, 0) is 20.4 Å². The molecule has 2 amide bonds. The topological polar surface area (TPSA) is 90.1 Å². The number of urea groups is 1. The number of quaternary nitrogens is 1. The number of carbonyl (C=O) groups excluding carboxylic acids is 1. The summed E-state index contributed by atoms with van der Waals surface area (Å²) in [7, 11) is 0. The van der Waals surface area contributed by atoms with Gasteiger partial charge < -0.3 is 25.1 Å². The third-order valence-electron chi connectivity index (χ3n) is 5.58. The lowest BCUT2D eigenvalue weighted by atomic mass is 10.2. The zero-order valence-electron chi connectivity index (χ0n) is 15.7. The number of nitrogens with two attached hydrogens (primary N) is 1. The zero-order valence-corrected chi connectivity index (χ0v) is 15.7. The van der Waals surface area contributed by atoms with Gasteiger partial charge in [0.2, 0.25) is 0 Å². The minimum absolute atomic E-state index is 0.107. The first kappa shape index (κ1) is 19.9. The maximum atomic E-state index is 12.8. The molecule has 2 heterocycles. The van der Waals surface area contributed by atoms with Crippen LogP contribution in [0.25, 0.3) is 0 Å². The van der Waals surface area contributed by atoms with Crippen molar-refractivity contribution in [2.75, 3.05) is 72.0 Å². The van der Waals surface area contributed by atoms with Crippen molar-refractivity contribution in [2.24, 2.45) is 5.73 Å². The van der Waals surface area contributed by atoms with Gasteiger partial charge in [-0.15, -0.1) is 0 Å². The number of amides is 2. The summed E-state index contributed by atoms with van der Waals surface area (Å²) in [6, 6.07) is 0.624. The zero-order chi connectivity index (χ0) is 18.4. The van der Waals surface area contributed by atoms with E-state index in [-0.39, 0.29) is 12.6 Å². The van der Waals surface area contributed by atoms with E-state index in [1.165, 1.54) is 0 Å². The van der Waals surface area contributed by atoms with Gasteiger partial charge >= 0.3 is 12.0 Å². The van der Waals surface area contributed by atoms with Gasteiger partial charge in [-0.1, -0.05) is 0 Å². The van der Waals surface area contributed by atoms with Crippen molar-refractivity contribution in [1.29, 1.82) is 0 Å². The number of carboxylic acids is 1. The minimum Gasteiger partial charge on any atom is -0.477 e. The molecule has 0 spiro atoms. The van der Waals surface area contributed by atoms with Crippen LogP contribution in [0.5, 0.6) is 0 Å². The molecule has 0 atom stereocenters. The van der Waals surface area contributed by atoms with E-state index in [1.54, 1.807) is 0 Å². The molecule has 2 aliphatic heterocycles. The molecule has 0 aromatic carbocycles. The Balaban J connectivity index is 1.87. The number of rotatable bonds is 6. The highest BCUT2D eigenvalue weighted by Gasteiger charge is 2.37. The second-order valence-corrected chi connectivity index (χ2v) is 7.59. The fourth-order valence-electron chi connectivity index (χ4n) is 3.88. The number of hydrogen-bond acceptors (Lipinski definition) is 4. The molecule has 0 aliphatic carbocycles. The molecule has 2 rings (SSSR count). The quantitative estimate of drug-likeness (QED) is 0.638. The maximum absolute atomic E-state index is 12.8. The molecule has 0 bridgehead atoms. The smallest absolute Gasteiger partial charge is 0.359 e. The Hall–Kier alpha value is -1.38. The van der Waals surface area contributed by atoms with Gasteiger partial charge in [0.1, 0.15) is 0 Å². The number of hydrogen-bond donors (Lipinski definition) is 2. The molecule has 144 valence electrons. The molecule has 0 radical (unpaired) electrons. The standard InChI is InChI=1S/C17H33N5O3/c1-15(2)19-5-7-20(8-6-19)17(25)21-9-12-22(13-10-21,11-3-4-18)14-16(23)24/h15H,3-14,18H2,1-2H3/p+1. The van der Waals surface area contributed by atoms with Gasteiger partial charge in [0, 0.05) is 38.6 Å². The SMILES string of the molecule is CC(C)N1CCN(C(=O)N2CC[N+](CCCN)(CC(=O)O)CC2)CC1. The van der Waals surface area contributed by atoms with Gasteiger partial charge in [-0.3, -0.25) is 4.90 Å². The Morgan fingerprint density at radius 3 is 2.08 bits per heavy atom. The van der Waals surface area contributed by atoms with Crippen molar-refractivity contribution in [3.05, 3.63) is 0 Å². The highest BCUT2D eigenvalue weighted by molar-refractivity contribution is 5.74. The molecular formula is C17H34N5O3+. The molecule has 0 unspecified atom stereocenters. The van der Waals surface area contributed by atoms with Crippen LogP contribution in [0.1, 0.15) is 20.3 Å². The van der Waals surface area contributed by atoms with E-state index < -0.39 is 5.97 Å². The van der Waals surface area contributed by atoms with E-state index in [0.717, 1.165) is 39.1 Å². The molecule has 0 aromatic rings. The third kappa shape index (κ3) is 5.29. The lowest BCUT2D eigenvalue weighted by Crippen LogP contribution is -2.64. The van der Waals surface area contributed by atoms with Crippen molar-refractivity contribution < 1.29 is 19.2 Å². The average molecular weight is 356 g/mol.